The molecule has 134 valence electrons. The van der Waals surface area contributed by atoms with Gasteiger partial charge in [0, 0.05) is 30.3 Å². The molecule has 4 N–H and O–H groups in total. The van der Waals surface area contributed by atoms with Crippen LogP contribution >= 0.6 is 15.9 Å². The molecule has 0 radical (unpaired) electrons. The van der Waals surface area contributed by atoms with Crippen molar-refractivity contribution in [3.63, 3.8) is 0 Å². The van der Waals surface area contributed by atoms with Crippen molar-refractivity contribution < 1.29 is 23.2 Å². The van der Waals surface area contributed by atoms with Crippen LogP contribution in [0.25, 0.3) is 0 Å². The first-order chi connectivity index (χ1) is 11.2. The van der Waals surface area contributed by atoms with Crippen LogP contribution in [-0.2, 0) is 14.8 Å². The van der Waals surface area contributed by atoms with Crippen LogP contribution in [-0.4, -0.2) is 44.3 Å². The Morgan fingerprint density at radius 2 is 2.08 bits per heavy atom. The molecule has 1 aliphatic heterocycles. The Morgan fingerprint density at radius 3 is 2.62 bits per heavy atom. The zero-order chi connectivity index (χ0) is 17.9. The molecule has 0 saturated carbocycles. The number of nitro benzene ring substituents is 1. The Balaban J connectivity index is 2.21. The number of nitro groups is 1. The molecule has 0 amide bonds. The first-order valence-corrected chi connectivity index (χ1v) is 9.54. The lowest BCUT2D eigenvalue weighted by Gasteiger charge is -2.27. The van der Waals surface area contributed by atoms with Crippen molar-refractivity contribution in [1.29, 1.82) is 0 Å². The summed E-state index contributed by atoms with van der Waals surface area (Å²) < 4.78 is 28.2. The summed E-state index contributed by atoms with van der Waals surface area (Å²) in [5, 5.41) is 29.3. The number of rotatable bonds is 6. The molecular weight excluding hydrogens is 406 g/mol. The molecule has 0 aliphatic carbocycles. The number of hydrogen-bond donors (Lipinski definition) is 3. The van der Waals surface area contributed by atoms with Crippen LogP contribution in [0.4, 0.5) is 11.4 Å². The van der Waals surface area contributed by atoms with Gasteiger partial charge in [0.05, 0.1) is 15.9 Å². The molecule has 0 aromatic heterocycles. The third-order valence-corrected chi connectivity index (χ3v) is 5.38. The van der Waals surface area contributed by atoms with Crippen LogP contribution in [0.2, 0.25) is 0 Å². The van der Waals surface area contributed by atoms with E-state index in [0.29, 0.717) is 13.2 Å². The third kappa shape index (κ3) is 4.63. The lowest BCUT2D eigenvalue weighted by atomic mass is 9.94. The maximum atomic E-state index is 11.4. The maximum absolute atomic E-state index is 11.4. The molecule has 24 heavy (non-hydrogen) atoms. The van der Waals surface area contributed by atoms with E-state index in [4.69, 9.17) is 9.88 Å². The maximum Gasteiger partial charge on any atom is 0.294 e. The quantitative estimate of drug-likeness (QED) is 0.460. The largest absolute Gasteiger partial charge is 0.391 e. The molecule has 1 aromatic rings. The molecule has 0 spiro atoms. The minimum Gasteiger partial charge on any atom is -0.391 e. The van der Waals surface area contributed by atoms with E-state index in [1.165, 1.54) is 6.07 Å². The Hall–Kier alpha value is -1.27. The van der Waals surface area contributed by atoms with Gasteiger partial charge >= 0.3 is 0 Å². The van der Waals surface area contributed by atoms with Gasteiger partial charge in [-0.3, -0.25) is 10.1 Å². The van der Waals surface area contributed by atoms with E-state index in [0.717, 1.165) is 18.9 Å². The van der Waals surface area contributed by atoms with E-state index in [-0.39, 0.29) is 27.5 Å². The molecule has 1 aromatic carbocycles. The third-order valence-electron chi connectivity index (χ3n) is 3.87. The number of nitrogens with zero attached hydrogens (tertiary/aromatic N) is 1. The fourth-order valence-corrected chi connectivity index (χ4v) is 3.82. The van der Waals surface area contributed by atoms with Gasteiger partial charge in [0.15, 0.2) is 0 Å². The molecule has 11 heteroatoms. The summed E-state index contributed by atoms with van der Waals surface area (Å²) in [6, 6.07) is 2.08. The van der Waals surface area contributed by atoms with Crippen molar-refractivity contribution >= 4 is 37.3 Å². The molecule has 1 aliphatic rings. The highest BCUT2D eigenvalue weighted by molar-refractivity contribution is 9.10. The lowest BCUT2D eigenvalue weighted by Crippen LogP contribution is -2.32. The molecule has 1 saturated heterocycles. The second kappa shape index (κ2) is 7.74. The molecule has 1 heterocycles. The number of sulfonamides is 1. The van der Waals surface area contributed by atoms with E-state index in [1.807, 2.05) is 0 Å². The summed E-state index contributed by atoms with van der Waals surface area (Å²) in [7, 11) is -4.07. The van der Waals surface area contributed by atoms with Crippen LogP contribution in [0.15, 0.2) is 21.5 Å². The number of hydrogen-bond acceptors (Lipinski definition) is 7. The summed E-state index contributed by atoms with van der Waals surface area (Å²) in [5.74, 6) is 0.0489. The molecule has 0 unspecified atom stereocenters. The van der Waals surface area contributed by atoms with Gasteiger partial charge < -0.3 is 15.2 Å². The average molecular weight is 424 g/mol. The monoisotopic (exact) mass is 423 g/mol. The highest BCUT2D eigenvalue weighted by Gasteiger charge is 2.25. The average Bonchev–Trinajstić information content (AvgIpc) is 2.52. The van der Waals surface area contributed by atoms with Gasteiger partial charge in [-0.15, -0.1) is 0 Å². The highest BCUT2D eigenvalue weighted by Crippen LogP contribution is 2.35. The molecular formula is C13H18BrN3O6S. The van der Waals surface area contributed by atoms with Gasteiger partial charge in [-0.2, -0.15) is 0 Å². The second-order valence-electron chi connectivity index (χ2n) is 5.50. The summed E-state index contributed by atoms with van der Waals surface area (Å²) in [6.45, 7) is 1.25. The summed E-state index contributed by atoms with van der Waals surface area (Å²) >= 11 is 3.12. The molecule has 1 atom stereocenters. The first kappa shape index (κ1) is 19.1. The van der Waals surface area contributed by atoms with Gasteiger partial charge in [-0.25, -0.2) is 13.6 Å². The van der Waals surface area contributed by atoms with Gasteiger partial charge in [0.2, 0.25) is 10.0 Å². The standard InChI is InChI=1S/C13H18BrN3O6S/c14-10-5-9(24(15,21)22)6-11(17(19)20)13(10)16-7-12(18)8-1-3-23-4-2-8/h5-6,8,12,16,18H,1-4,7H2,(H2,15,21,22)/t12-/m0/s1. The van der Waals surface area contributed by atoms with Crippen LogP contribution < -0.4 is 10.5 Å². The number of anilines is 1. The minimum absolute atomic E-state index is 0.0489. The summed E-state index contributed by atoms with van der Waals surface area (Å²) in [6.07, 6.45) is 0.741. The predicted molar refractivity (Wildman–Crippen MR) is 90.2 cm³/mol. The number of primary sulfonamides is 1. The zero-order valence-corrected chi connectivity index (χ0v) is 15.0. The molecule has 9 nitrogen and oxygen atoms in total. The number of aliphatic hydroxyl groups is 1. The number of nitrogens with one attached hydrogen (secondary N) is 1. The van der Waals surface area contributed by atoms with Crippen LogP contribution in [0.5, 0.6) is 0 Å². The highest BCUT2D eigenvalue weighted by atomic mass is 79.9. The summed E-state index contributed by atoms with van der Waals surface area (Å²) in [4.78, 5) is 10.2. The molecule has 1 fully saturated rings. The Labute approximate surface area is 147 Å². The van der Waals surface area contributed by atoms with E-state index < -0.39 is 26.7 Å². The Morgan fingerprint density at radius 1 is 1.46 bits per heavy atom. The number of benzene rings is 1. The topological polar surface area (TPSA) is 145 Å². The van der Waals surface area contributed by atoms with Crippen LogP contribution in [0.1, 0.15) is 12.8 Å². The van der Waals surface area contributed by atoms with E-state index in [9.17, 15) is 23.6 Å². The fourth-order valence-electron chi connectivity index (χ4n) is 2.53. The van der Waals surface area contributed by atoms with Gasteiger partial charge in [0.1, 0.15) is 5.69 Å². The fraction of sp³-hybridized carbons (Fsp3) is 0.538. The van der Waals surface area contributed by atoms with Gasteiger partial charge in [0.25, 0.3) is 5.69 Å². The molecule has 2 rings (SSSR count). The minimum atomic E-state index is -4.07. The van der Waals surface area contributed by atoms with Gasteiger partial charge in [-0.05, 0) is 40.8 Å². The number of aliphatic hydroxyl groups excluding tert-OH is 1. The smallest absolute Gasteiger partial charge is 0.294 e. The second-order valence-corrected chi connectivity index (χ2v) is 7.92. The van der Waals surface area contributed by atoms with Gasteiger partial charge in [-0.1, -0.05) is 0 Å². The predicted octanol–water partition coefficient (Wildman–Crippen LogP) is 1.20. The molecule has 0 bridgehead atoms. The Bertz CT molecular complexity index is 721. The van der Waals surface area contributed by atoms with Crippen molar-refractivity contribution in [2.24, 2.45) is 11.1 Å². The van der Waals surface area contributed by atoms with Crippen LogP contribution in [0, 0.1) is 16.0 Å². The van der Waals surface area contributed by atoms with E-state index in [1.54, 1.807) is 0 Å². The van der Waals surface area contributed by atoms with E-state index >= 15 is 0 Å². The SMILES string of the molecule is NS(=O)(=O)c1cc(Br)c(NC[C@H](O)C2CCOCC2)c([N+](=O)[O-])c1. The van der Waals surface area contributed by atoms with E-state index in [2.05, 4.69) is 21.2 Å². The lowest BCUT2D eigenvalue weighted by molar-refractivity contribution is -0.384. The van der Waals surface area contributed by atoms with Crippen molar-refractivity contribution in [2.45, 2.75) is 23.8 Å². The normalized spacial score (nSPS) is 17.5. The zero-order valence-electron chi connectivity index (χ0n) is 12.6. The van der Waals surface area contributed by atoms with Crippen LogP contribution in [0.3, 0.4) is 0 Å². The van der Waals surface area contributed by atoms with Crippen molar-refractivity contribution in [3.8, 4) is 0 Å². The van der Waals surface area contributed by atoms with Crippen molar-refractivity contribution in [1.82, 2.24) is 0 Å². The first-order valence-electron chi connectivity index (χ1n) is 7.20. The van der Waals surface area contributed by atoms with Crippen molar-refractivity contribution in [3.05, 3.63) is 26.7 Å². The Kier molecular flexibility index (Phi) is 6.15. The summed E-state index contributed by atoms with van der Waals surface area (Å²) in [5.41, 5.74) is -0.342. The number of nitrogens with two attached hydrogens (primary N) is 1. The number of halogens is 1. The van der Waals surface area contributed by atoms with Crippen molar-refractivity contribution in [2.75, 3.05) is 25.1 Å². The number of ether oxygens (including phenoxy) is 1.